The zero-order chi connectivity index (χ0) is 35.7. The monoisotopic (exact) mass is 690 g/mol. The molecule has 0 aliphatic rings. The number of unbranched alkanes of at least 4 members (excludes halogenated alkanes) is 30. The molecule has 49 heavy (non-hydrogen) atoms. The minimum absolute atomic E-state index is 0.0336. The number of carbonyl (C=O) groups is 1. The second-order valence-electron chi connectivity index (χ2n) is 15.1. The van der Waals surface area contributed by atoms with E-state index in [9.17, 15) is 15.0 Å². The summed E-state index contributed by atoms with van der Waals surface area (Å²) < 4.78 is 0. The van der Waals surface area contributed by atoms with Crippen molar-refractivity contribution < 1.29 is 15.0 Å². The van der Waals surface area contributed by atoms with Crippen molar-refractivity contribution in [3.63, 3.8) is 0 Å². The van der Waals surface area contributed by atoms with Crippen LogP contribution in [-0.2, 0) is 4.79 Å². The molecule has 1 amide bonds. The standard InChI is InChI=1S/C45H87NO3/c1-3-5-7-9-11-13-15-17-19-21-23-25-27-29-31-33-35-37-39-41-45(49)46-43(42-47)44(48)40-38-36-34-32-30-28-26-24-22-20-18-16-14-12-10-8-6-4-2/h11,13,15,17,43-44,47-48H,3-10,12,14,16,18-42H2,1-2H3,(H,46,49)/b13-11-,17-15-. The van der Waals surface area contributed by atoms with Gasteiger partial charge in [-0.05, 0) is 38.5 Å². The van der Waals surface area contributed by atoms with Crippen LogP contribution in [0.15, 0.2) is 24.3 Å². The fourth-order valence-electron chi connectivity index (χ4n) is 6.82. The van der Waals surface area contributed by atoms with E-state index >= 15 is 0 Å². The SMILES string of the molecule is CCCCC/C=C\C=C/CCCCCCCCCCCCC(=O)NC(CO)C(O)CCCCCCCCCCCCCCCCCCCC. The molecular weight excluding hydrogens is 602 g/mol. The van der Waals surface area contributed by atoms with Crippen LogP contribution in [0.3, 0.4) is 0 Å². The van der Waals surface area contributed by atoms with Crippen molar-refractivity contribution in [3.05, 3.63) is 24.3 Å². The van der Waals surface area contributed by atoms with Crippen LogP contribution in [-0.4, -0.2) is 34.9 Å². The van der Waals surface area contributed by atoms with Crippen molar-refractivity contribution in [3.8, 4) is 0 Å². The molecular formula is C45H87NO3. The molecule has 0 spiro atoms. The number of hydrogen-bond donors (Lipinski definition) is 3. The second kappa shape index (κ2) is 41.3. The molecule has 0 fully saturated rings. The van der Waals surface area contributed by atoms with E-state index < -0.39 is 12.1 Å². The molecule has 3 N–H and O–H groups in total. The number of rotatable bonds is 40. The zero-order valence-electron chi connectivity index (χ0n) is 33.2. The van der Waals surface area contributed by atoms with E-state index in [2.05, 4.69) is 43.5 Å². The number of aliphatic hydroxyl groups is 2. The van der Waals surface area contributed by atoms with Crippen molar-refractivity contribution in [2.75, 3.05) is 6.61 Å². The molecule has 4 nitrogen and oxygen atoms in total. The highest BCUT2D eigenvalue weighted by Gasteiger charge is 2.20. The van der Waals surface area contributed by atoms with Crippen LogP contribution in [0.5, 0.6) is 0 Å². The summed E-state index contributed by atoms with van der Waals surface area (Å²) in [7, 11) is 0. The smallest absolute Gasteiger partial charge is 0.220 e. The Hall–Kier alpha value is -1.13. The summed E-state index contributed by atoms with van der Waals surface area (Å²) in [5, 5.41) is 23.2. The van der Waals surface area contributed by atoms with Crippen LogP contribution in [0.2, 0.25) is 0 Å². The summed E-state index contributed by atoms with van der Waals surface area (Å²) in [4.78, 5) is 12.4. The Balaban J connectivity index is 3.51. The molecule has 0 saturated carbocycles. The number of amides is 1. The number of allylic oxidation sites excluding steroid dienone is 4. The maximum absolute atomic E-state index is 12.4. The molecule has 0 aromatic heterocycles. The zero-order valence-corrected chi connectivity index (χ0v) is 33.2. The highest BCUT2D eigenvalue weighted by molar-refractivity contribution is 5.76. The molecule has 2 unspecified atom stereocenters. The molecule has 0 saturated heterocycles. The summed E-state index contributed by atoms with van der Waals surface area (Å²) in [6.07, 6.45) is 52.5. The fourth-order valence-corrected chi connectivity index (χ4v) is 6.82. The summed E-state index contributed by atoms with van der Waals surface area (Å²) in [6, 6.07) is -0.536. The maximum Gasteiger partial charge on any atom is 0.220 e. The quantitative estimate of drug-likeness (QED) is 0.0443. The molecule has 0 radical (unpaired) electrons. The summed E-state index contributed by atoms with van der Waals surface area (Å²) in [5.74, 6) is -0.0336. The Kier molecular flexibility index (Phi) is 40.3. The van der Waals surface area contributed by atoms with Gasteiger partial charge in [-0.3, -0.25) is 4.79 Å². The van der Waals surface area contributed by atoms with Crippen LogP contribution in [0.4, 0.5) is 0 Å². The lowest BCUT2D eigenvalue weighted by Gasteiger charge is -2.22. The third-order valence-electron chi connectivity index (χ3n) is 10.2. The van der Waals surface area contributed by atoms with Crippen LogP contribution in [0.1, 0.15) is 239 Å². The average molecular weight is 690 g/mol. The first-order valence-corrected chi connectivity index (χ1v) is 22.1. The lowest BCUT2D eigenvalue weighted by atomic mass is 10.0. The predicted octanol–water partition coefficient (Wildman–Crippen LogP) is 13.6. The summed E-state index contributed by atoms with van der Waals surface area (Å²) in [6.45, 7) is 4.34. The van der Waals surface area contributed by atoms with Crippen LogP contribution in [0.25, 0.3) is 0 Å². The average Bonchev–Trinajstić information content (AvgIpc) is 3.10. The molecule has 0 aliphatic carbocycles. The highest BCUT2D eigenvalue weighted by atomic mass is 16.3. The second-order valence-corrected chi connectivity index (χ2v) is 15.1. The van der Waals surface area contributed by atoms with Gasteiger partial charge in [0.25, 0.3) is 0 Å². The molecule has 0 heterocycles. The van der Waals surface area contributed by atoms with E-state index in [1.54, 1.807) is 0 Å². The molecule has 2 atom stereocenters. The number of nitrogens with one attached hydrogen (secondary N) is 1. The lowest BCUT2D eigenvalue weighted by Crippen LogP contribution is -2.45. The molecule has 0 aliphatic heterocycles. The van der Waals surface area contributed by atoms with Gasteiger partial charge < -0.3 is 15.5 Å². The Bertz CT molecular complexity index is 705. The molecule has 0 aromatic rings. The normalized spacial score (nSPS) is 13.1. The van der Waals surface area contributed by atoms with Crippen molar-refractivity contribution in [1.29, 1.82) is 0 Å². The van der Waals surface area contributed by atoms with Gasteiger partial charge in [-0.2, -0.15) is 0 Å². The van der Waals surface area contributed by atoms with Gasteiger partial charge in [0.1, 0.15) is 0 Å². The Morgan fingerprint density at radius 1 is 0.490 bits per heavy atom. The van der Waals surface area contributed by atoms with Crippen LogP contribution in [0, 0.1) is 0 Å². The Morgan fingerprint density at radius 3 is 1.22 bits per heavy atom. The van der Waals surface area contributed by atoms with Crippen molar-refractivity contribution >= 4 is 5.91 Å². The van der Waals surface area contributed by atoms with Crippen LogP contribution < -0.4 is 5.32 Å². The van der Waals surface area contributed by atoms with E-state index in [4.69, 9.17) is 0 Å². The van der Waals surface area contributed by atoms with Gasteiger partial charge in [-0.1, -0.05) is 218 Å². The first-order chi connectivity index (χ1) is 24.2. The molecule has 4 heteroatoms. The minimum Gasteiger partial charge on any atom is -0.394 e. The minimum atomic E-state index is -0.659. The molecule has 0 aromatic carbocycles. The van der Waals surface area contributed by atoms with Crippen LogP contribution >= 0.6 is 0 Å². The van der Waals surface area contributed by atoms with Crippen molar-refractivity contribution in [2.45, 2.75) is 251 Å². The molecule has 0 bridgehead atoms. The van der Waals surface area contributed by atoms with E-state index in [0.717, 1.165) is 25.7 Å². The summed E-state index contributed by atoms with van der Waals surface area (Å²) in [5.41, 5.74) is 0. The number of aliphatic hydroxyl groups excluding tert-OH is 2. The van der Waals surface area contributed by atoms with Gasteiger partial charge in [-0.25, -0.2) is 0 Å². The van der Waals surface area contributed by atoms with E-state index in [0.29, 0.717) is 12.8 Å². The maximum atomic E-state index is 12.4. The fraction of sp³-hybridized carbons (Fsp3) is 0.889. The van der Waals surface area contributed by atoms with Gasteiger partial charge >= 0.3 is 0 Å². The van der Waals surface area contributed by atoms with E-state index in [1.165, 1.54) is 186 Å². The van der Waals surface area contributed by atoms with Crippen molar-refractivity contribution in [2.24, 2.45) is 0 Å². The first-order valence-electron chi connectivity index (χ1n) is 22.1. The highest BCUT2D eigenvalue weighted by Crippen LogP contribution is 2.16. The lowest BCUT2D eigenvalue weighted by molar-refractivity contribution is -0.123. The van der Waals surface area contributed by atoms with E-state index in [-0.39, 0.29) is 12.5 Å². The predicted molar refractivity (Wildman–Crippen MR) is 216 cm³/mol. The Morgan fingerprint density at radius 2 is 0.816 bits per heavy atom. The molecule has 290 valence electrons. The number of hydrogen-bond acceptors (Lipinski definition) is 3. The summed E-state index contributed by atoms with van der Waals surface area (Å²) >= 11 is 0. The third-order valence-corrected chi connectivity index (χ3v) is 10.2. The number of carbonyl (C=O) groups excluding carboxylic acids is 1. The largest absolute Gasteiger partial charge is 0.394 e. The topological polar surface area (TPSA) is 69.6 Å². The van der Waals surface area contributed by atoms with Gasteiger partial charge in [0.2, 0.25) is 5.91 Å². The molecule has 0 rings (SSSR count). The van der Waals surface area contributed by atoms with Gasteiger partial charge in [-0.15, -0.1) is 0 Å². The van der Waals surface area contributed by atoms with Gasteiger partial charge in [0.15, 0.2) is 0 Å². The third kappa shape index (κ3) is 37.9. The first kappa shape index (κ1) is 47.9. The van der Waals surface area contributed by atoms with E-state index in [1.807, 2.05) is 0 Å². The van der Waals surface area contributed by atoms with Crippen molar-refractivity contribution in [1.82, 2.24) is 5.32 Å². The van der Waals surface area contributed by atoms with Gasteiger partial charge in [0, 0.05) is 6.42 Å². The van der Waals surface area contributed by atoms with Gasteiger partial charge in [0.05, 0.1) is 18.8 Å². The Labute approximate surface area is 307 Å².